The predicted molar refractivity (Wildman–Crippen MR) is 74.8 cm³/mol. The topological polar surface area (TPSA) is 83.5 Å². The number of nitrogens with one attached hydrogen (secondary N) is 1. The highest BCUT2D eigenvalue weighted by molar-refractivity contribution is 5.97. The molecule has 108 valence electrons. The van der Waals surface area contributed by atoms with Gasteiger partial charge in [-0.1, -0.05) is 12.1 Å². The summed E-state index contributed by atoms with van der Waals surface area (Å²) in [5.74, 6) is -1.22. The monoisotopic (exact) mass is 277 g/mol. The Morgan fingerprint density at radius 2 is 1.60 bits per heavy atom. The van der Waals surface area contributed by atoms with Gasteiger partial charge in [0.1, 0.15) is 0 Å². The molecule has 5 heteroatoms. The minimum absolute atomic E-state index is 0.0554. The minimum atomic E-state index is -0.891. The Bertz CT molecular complexity index is 517. The van der Waals surface area contributed by atoms with Gasteiger partial charge in [-0.3, -0.25) is 14.4 Å². The third-order valence-electron chi connectivity index (χ3n) is 3.17. The van der Waals surface area contributed by atoms with Gasteiger partial charge in [-0.15, -0.1) is 0 Å². The Morgan fingerprint density at radius 1 is 1.10 bits per heavy atom. The van der Waals surface area contributed by atoms with Crippen molar-refractivity contribution in [2.45, 2.75) is 27.2 Å². The first-order valence-electron chi connectivity index (χ1n) is 6.36. The largest absolute Gasteiger partial charge is 0.481 e. The zero-order valence-corrected chi connectivity index (χ0v) is 11.9. The van der Waals surface area contributed by atoms with E-state index in [0.717, 1.165) is 0 Å². The number of carbonyl (C=O) groups is 3. The molecular formula is C15H19NO4. The molecule has 0 saturated carbocycles. The molecule has 0 radical (unpaired) electrons. The first-order valence-corrected chi connectivity index (χ1v) is 6.36. The minimum Gasteiger partial charge on any atom is -0.481 e. The summed E-state index contributed by atoms with van der Waals surface area (Å²) < 4.78 is 0. The standard InChI is InChI=1S/C15H19NO4/c1-10(17)11-4-6-12(7-5-11)13(18)16-9-8-15(2,3)14(19)20/h4-7H,8-9H2,1-3H3,(H,16,18)(H,19,20). The molecule has 0 saturated heterocycles. The Morgan fingerprint density at radius 3 is 2.05 bits per heavy atom. The molecule has 0 aliphatic carbocycles. The molecule has 1 amide bonds. The number of Topliss-reactive ketones (excluding diaryl/α,β-unsaturated/α-hetero) is 1. The summed E-state index contributed by atoms with van der Waals surface area (Å²) in [4.78, 5) is 33.9. The van der Waals surface area contributed by atoms with Crippen molar-refractivity contribution in [1.82, 2.24) is 5.32 Å². The zero-order valence-electron chi connectivity index (χ0n) is 11.9. The van der Waals surface area contributed by atoms with Crippen LogP contribution in [0.2, 0.25) is 0 Å². The Balaban J connectivity index is 2.55. The number of carbonyl (C=O) groups excluding carboxylic acids is 2. The first-order chi connectivity index (χ1) is 9.24. The van der Waals surface area contributed by atoms with Crippen molar-refractivity contribution < 1.29 is 19.5 Å². The average molecular weight is 277 g/mol. The summed E-state index contributed by atoms with van der Waals surface area (Å²) in [5.41, 5.74) is 0.128. The van der Waals surface area contributed by atoms with Crippen LogP contribution in [0.3, 0.4) is 0 Å². The SMILES string of the molecule is CC(=O)c1ccc(C(=O)NCCC(C)(C)C(=O)O)cc1. The normalized spacial score (nSPS) is 10.9. The van der Waals surface area contributed by atoms with E-state index in [1.807, 2.05) is 0 Å². The van der Waals surface area contributed by atoms with E-state index in [1.54, 1.807) is 38.1 Å². The van der Waals surface area contributed by atoms with E-state index in [2.05, 4.69) is 5.32 Å². The third-order valence-corrected chi connectivity index (χ3v) is 3.17. The summed E-state index contributed by atoms with van der Waals surface area (Å²) in [7, 11) is 0. The molecule has 0 aliphatic rings. The highest BCUT2D eigenvalue weighted by atomic mass is 16.4. The van der Waals surface area contributed by atoms with Gasteiger partial charge in [-0.25, -0.2) is 0 Å². The average Bonchev–Trinajstić information content (AvgIpc) is 2.38. The molecule has 20 heavy (non-hydrogen) atoms. The van der Waals surface area contributed by atoms with E-state index in [4.69, 9.17) is 5.11 Å². The molecule has 1 aromatic rings. The van der Waals surface area contributed by atoms with Crippen LogP contribution in [0.15, 0.2) is 24.3 Å². The molecule has 0 aliphatic heterocycles. The molecule has 1 rings (SSSR count). The molecule has 0 bridgehead atoms. The van der Waals surface area contributed by atoms with Crippen molar-refractivity contribution in [1.29, 1.82) is 0 Å². The fourth-order valence-electron chi connectivity index (χ4n) is 1.55. The summed E-state index contributed by atoms with van der Waals surface area (Å²) in [6, 6.07) is 6.35. The molecule has 0 heterocycles. The van der Waals surface area contributed by atoms with Gasteiger partial charge in [0.2, 0.25) is 0 Å². The van der Waals surface area contributed by atoms with Gasteiger partial charge in [-0.05, 0) is 39.3 Å². The fourth-order valence-corrected chi connectivity index (χ4v) is 1.55. The van der Waals surface area contributed by atoms with E-state index >= 15 is 0 Å². The lowest BCUT2D eigenvalue weighted by molar-refractivity contribution is -0.147. The van der Waals surface area contributed by atoms with Gasteiger partial charge in [0, 0.05) is 17.7 Å². The van der Waals surface area contributed by atoms with Crippen LogP contribution in [-0.4, -0.2) is 29.3 Å². The van der Waals surface area contributed by atoms with Gasteiger partial charge in [0.25, 0.3) is 5.91 Å². The fraction of sp³-hybridized carbons (Fsp3) is 0.400. The van der Waals surface area contributed by atoms with E-state index in [1.165, 1.54) is 6.92 Å². The lowest BCUT2D eigenvalue weighted by atomic mass is 9.90. The number of amides is 1. The molecule has 0 unspecified atom stereocenters. The van der Waals surface area contributed by atoms with Crippen LogP contribution in [-0.2, 0) is 4.79 Å². The quantitative estimate of drug-likeness (QED) is 0.780. The van der Waals surface area contributed by atoms with Crippen molar-refractivity contribution in [2.24, 2.45) is 5.41 Å². The van der Waals surface area contributed by atoms with Crippen LogP contribution < -0.4 is 5.32 Å². The molecule has 0 aromatic heterocycles. The van der Waals surface area contributed by atoms with Gasteiger partial charge in [0.05, 0.1) is 5.41 Å². The second-order valence-corrected chi connectivity index (χ2v) is 5.33. The number of benzene rings is 1. The number of hydrogen-bond acceptors (Lipinski definition) is 3. The van der Waals surface area contributed by atoms with Gasteiger partial charge >= 0.3 is 5.97 Å². The summed E-state index contributed by atoms with van der Waals surface area (Å²) in [5, 5.41) is 11.6. The van der Waals surface area contributed by atoms with Crippen LogP contribution in [0, 0.1) is 5.41 Å². The summed E-state index contributed by atoms with van der Waals surface area (Å²) >= 11 is 0. The van der Waals surface area contributed by atoms with Crippen molar-refractivity contribution in [3.63, 3.8) is 0 Å². The lowest BCUT2D eigenvalue weighted by Gasteiger charge is -2.18. The highest BCUT2D eigenvalue weighted by Gasteiger charge is 2.26. The number of carboxylic acids is 1. The molecule has 0 atom stereocenters. The maximum Gasteiger partial charge on any atom is 0.309 e. The number of aliphatic carboxylic acids is 1. The summed E-state index contributed by atoms with van der Waals surface area (Å²) in [6.07, 6.45) is 0.347. The van der Waals surface area contributed by atoms with Crippen LogP contribution in [0.5, 0.6) is 0 Å². The van der Waals surface area contributed by atoms with Crippen LogP contribution >= 0.6 is 0 Å². The summed E-state index contributed by atoms with van der Waals surface area (Å²) in [6.45, 7) is 4.97. The van der Waals surface area contributed by atoms with Crippen LogP contribution in [0.1, 0.15) is 47.9 Å². The maximum absolute atomic E-state index is 11.8. The molecular weight excluding hydrogens is 258 g/mol. The zero-order chi connectivity index (χ0) is 15.3. The van der Waals surface area contributed by atoms with Gasteiger partial charge in [0.15, 0.2) is 5.78 Å². The maximum atomic E-state index is 11.8. The lowest BCUT2D eigenvalue weighted by Crippen LogP contribution is -2.31. The Labute approximate surface area is 118 Å². The van der Waals surface area contributed by atoms with Crippen molar-refractivity contribution in [3.05, 3.63) is 35.4 Å². The molecule has 0 fully saturated rings. The number of rotatable bonds is 6. The van der Waals surface area contributed by atoms with Crippen molar-refractivity contribution in [3.8, 4) is 0 Å². The van der Waals surface area contributed by atoms with E-state index < -0.39 is 11.4 Å². The molecule has 0 spiro atoms. The molecule has 5 nitrogen and oxygen atoms in total. The van der Waals surface area contributed by atoms with E-state index in [0.29, 0.717) is 17.5 Å². The Hall–Kier alpha value is -2.17. The van der Waals surface area contributed by atoms with E-state index in [-0.39, 0.29) is 18.2 Å². The highest BCUT2D eigenvalue weighted by Crippen LogP contribution is 2.19. The number of ketones is 1. The van der Waals surface area contributed by atoms with Crippen molar-refractivity contribution >= 4 is 17.7 Å². The second-order valence-electron chi connectivity index (χ2n) is 5.33. The number of hydrogen-bond donors (Lipinski definition) is 2. The molecule has 2 N–H and O–H groups in total. The van der Waals surface area contributed by atoms with E-state index in [9.17, 15) is 14.4 Å². The van der Waals surface area contributed by atoms with Crippen LogP contribution in [0.4, 0.5) is 0 Å². The third kappa shape index (κ3) is 4.19. The predicted octanol–water partition coefficient (Wildman–Crippen LogP) is 2.12. The Kier molecular flexibility index (Phi) is 5.02. The van der Waals surface area contributed by atoms with Crippen molar-refractivity contribution in [2.75, 3.05) is 6.54 Å². The second kappa shape index (κ2) is 6.32. The van der Waals surface area contributed by atoms with Crippen LogP contribution in [0.25, 0.3) is 0 Å². The van der Waals surface area contributed by atoms with Gasteiger partial charge in [-0.2, -0.15) is 0 Å². The first kappa shape index (κ1) is 15.9. The molecule has 1 aromatic carbocycles. The smallest absolute Gasteiger partial charge is 0.309 e. The van der Waals surface area contributed by atoms with Gasteiger partial charge < -0.3 is 10.4 Å². The number of carboxylic acid groups (broad SMARTS) is 1.